The van der Waals surface area contributed by atoms with Crippen molar-refractivity contribution in [3.63, 3.8) is 0 Å². The lowest BCUT2D eigenvalue weighted by Gasteiger charge is -2.15. The average Bonchev–Trinajstić information content (AvgIpc) is 2.28. The van der Waals surface area contributed by atoms with E-state index < -0.39 is 0 Å². The van der Waals surface area contributed by atoms with Crippen molar-refractivity contribution < 1.29 is 14.6 Å². The number of benzene rings is 1. The van der Waals surface area contributed by atoms with Crippen LogP contribution in [0, 0.1) is 0 Å². The predicted octanol–water partition coefficient (Wildman–Crippen LogP) is 1.51. The number of ether oxygens (including phenoxy) is 2. The van der Waals surface area contributed by atoms with Crippen LogP contribution in [0.25, 0.3) is 0 Å². The van der Waals surface area contributed by atoms with Crippen molar-refractivity contribution in [3.8, 4) is 11.5 Å². The minimum absolute atomic E-state index is 0. The predicted molar refractivity (Wildman–Crippen MR) is 65.4 cm³/mol. The molecule has 1 aromatic rings. The number of rotatable bonds is 5. The van der Waals surface area contributed by atoms with Gasteiger partial charge in [-0.15, -0.1) is 12.4 Å². The first-order valence-electron chi connectivity index (χ1n) is 4.81. The second kappa shape index (κ2) is 7.33. The Morgan fingerprint density at radius 3 is 2.50 bits per heavy atom. The maximum atomic E-state index is 8.82. The van der Waals surface area contributed by atoms with Gasteiger partial charge < -0.3 is 20.3 Å². The smallest absolute Gasteiger partial charge is 0.127 e. The number of aliphatic hydroxyl groups excluding tert-OH is 1. The molecule has 92 valence electrons. The minimum Gasteiger partial charge on any atom is -0.497 e. The minimum atomic E-state index is -0.212. The Morgan fingerprint density at radius 2 is 2.00 bits per heavy atom. The molecular formula is C11H18ClNO3. The van der Waals surface area contributed by atoms with Gasteiger partial charge in [-0.05, 0) is 12.5 Å². The zero-order chi connectivity index (χ0) is 11.3. The summed E-state index contributed by atoms with van der Waals surface area (Å²) in [4.78, 5) is 0. The van der Waals surface area contributed by atoms with Crippen LogP contribution in [0.5, 0.6) is 11.5 Å². The molecule has 0 bridgehead atoms. The summed E-state index contributed by atoms with van der Waals surface area (Å²) < 4.78 is 10.3. The molecule has 0 fully saturated rings. The van der Waals surface area contributed by atoms with E-state index in [-0.39, 0.29) is 25.1 Å². The van der Waals surface area contributed by atoms with Crippen molar-refractivity contribution in [2.24, 2.45) is 5.73 Å². The second-order valence-electron chi connectivity index (χ2n) is 3.23. The largest absolute Gasteiger partial charge is 0.497 e. The molecule has 1 rings (SSSR count). The third-order valence-corrected chi connectivity index (χ3v) is 2.28. The summed E-state index contributed by atoms with van der Waals surface area (Å²) in [5.74, 6) is 1.42. The van der Waals surface area contributed by atoms with Crippen LogP contribution in [0.15, 0.2) is 18.2 Å². The molecule has 3 N–H and O–H groups in total. The molecule has 0 aliphatic rings. The Morgan fingerprint density at radius 1 is 1.31 bits per heavy atom. The average molecular weight is 248 g/mol. The summed E-state index contributed by atoms with van der Waals surface area (Å²) >= 11 is 0. The lowest BCUT2D eigenvalue weighted by Crippen LogP contribution is -2.13. The van der Waals surface area contributed by atoms with Gasteiger partial charge in [0, 0.05) is 24.3 Å². The lowest BCUT2D eigenvalue weighted by atomic mass is 10.0. The van der Waals surface area contributed by atoms with Crippen molar-refractivity contribution in [1.29, 1.82) is 0 Å². The van der Waals surface area contributed by atoms with Gasteiger partial charge in [-0.2, -0.15) is 0 Å². The summed E-state index contributed by atoms with van der Waals surface area (Å²) in [5.41, 5.74) is 6.77. The van der Waals surface area contributed by atoms with Crippen LogP contribution >= 0.6 is 12.4 Å². The monoisotopic (exact) mass is 247 g/mol. The molecule has 16 heavy (non-hydrogen) atoms. The van der Waals surface area contributed by atoms with Crippen molar-refractivity contribution in [1.82, 2.24) is 0 Å². The normalized spacial score (nSPS) is 11.5. The van der Waals surface area contributed by atoms with E-state index in [2.05, 4.69) is 0 Å². The van der Waals surface area contributed by atoms with Crippen LogP contribution in [-0.2, 0) is 0 Å². The number of methoxy groups -OCH3 is 2. The third kappa shape index (κ3) is 3.56. The fraction of sp³-hybridized carbons (Fsp3) is 0.455. The van der Waals surface area contributed by atoms with E-state index in [0.717, 1.165) is 11.3 Å². The van der Waals surface area contributed by atoms with Gasteiger partial charge in [-0.25, -0.2) is 0 Å². The highest BCUT2D eigenvalue weighted by Gasteiger charge is 2.12. The highest BCUT2D eigenvalue weighted by Crippen LogP contribution is 2.29. The van der Waals surface area contributed by atoms with Crippen LogP contribution in [0.3, 0.4) is 0 Å². The van der Waals surface area contributed by atoms with E-state index in [1.54, 1.807) is 20.3 Å². The zero-order valence-corrected chi connectivity index (χ0v) is 10.3. The Labute approximate surface area is 102 Å². The van der Waals surface area contributed by atoms with Gasteiger partial charge in [-0.1, -0.05) is 6.07 Å². The molecule has 5 heteroatoms. The standard InChI is InChI=1S/C11H17NO3.ClH/c1-14-8-3-4-9(10(12)5-6-13)11(7-8)15-2;/h3-4,7,10,13H,5-6,12H2,1-2H3;1H/t10-;/m0./s1. The van der Waals surface area contributed by atoms with Gasteiger partial charge >= 0.3 is 0 Å². The third-order valence-electron chi connectivity index (χ3n) is 2.28. The molecule has 1 atom stereocenters. The topological polar surface area (TPSA) is 64.7 Å². The summed E-state index contributed by atoms with van der Waals surface area (Å²) in [6.07, 6.45) is 0.517. The highest BCUT2D eigenvalue weighted by molar-refractivity contribution is 5.85. The van der Waals surface area contributed by atoms with Gasteiger partial charge in [0.2, 0.25) is 0 Å². The summed E-state index contributed by atoms with van der Waals surface area (Å²) in [7, 11) is 3.19. The fourth-order valence-corrected chi connectivity index (χ4v) is 1.42. The first kappa shape index (κ1) is 15.0. The van der Waals surface area contributed by atoms with Gasteiger partial charge in [0.15, 0.2) is 0 Å². The Kier molecular flexibility index (Phi) is 6.88. The number of nitrogens with two attached hydrogens (primary N) is 1. The van der Waals surface area contributed by atoms with Crippen molar-refractivity contribution in [3.05, 3.63) is 23.8 Å². The number of hydrogen-bond acceptors (Lipinski definition) is 4. The molecule has 0 aliphatic carbocycles. The SMILES string of the molecule is COc1ccc([C@@H](N)CCO)c(OC)c1.Cl. The molecule has 0 radical (unpaired) electrons. The molecule has 0 aromatic heterocycles. The first-order chi connectivity index (χ1) is 7.22. The molecule has 0 aliphatic heterocycles. The number of halogens is 1. The van der Waals surface area contributed by atoms with E-state index in [4.69, 9.17) is 20.3 Å². The highest BCUT2D eigenvalue weighted by atomic mass is 35.5. The fourth-order valence-electron chi connectivity index (χ4n) is 1.42. The molecular weight excluding hydrogens is 230 g/mol. The van der Waals surface area contributed by atoms with E-state index in [1.165, 1.54) is 0 Å². The van der Waals surface area contributed by atoms with Gasteiger partial charge in [0.25, 0.3) is 0 Å². The molecule has 0 unspecified atom stereocenters. The van der Waals surface area contributed by atoms with Crippen molar-refractivity contribution in [2.75, 3.05) is 20.8 Å². The van der Waals surface area contributed by atoms with E-state index in [1.807, 2.05) is 12.1 Å². The molecule has 0 saturated heterocycles. The van der Waals surface area contributed by atoms with Crippen LogP contribution in [0.1, 0.15) is 18.0 Å². The van der Waals surface area contributed by atoms with Crippen LogP contribution in [-0.4, -0.2) is 25.9 Å². The number of hydrogen-bond donors (Lipinski definition) is 2. The second-order valence-corrected chi connectivity index (χ2v) is 3.23. The summed E-state index contributed by atoms with van der Waals surface area (Å²) in [5, 5.41) is 8.82. The van der Waals surface area contributed by atoms with E-state index >= 15 is 0 Å². The summed E-state index contributed by atoms with van der Waals surface area (Å²) in [6.45, 7) is 0.0658. The maximum Gasteiger partial charge on any atom is 0.127 e. The van der Waals surface area contributed by atoms with Crippen LogP contribution in [0.4, 0.5) is 0 Å². The van der Waals surface area contributed by atoms with Crippen molar-refractivity contribution in [2.45, 2.75) is 12.5 Å². The zero-order valence-electron chi connectivity index (χ0n) is 9.47. The molecule has 4 nitrogen and oxygen atoms in total. The first-order valence-corrected chi connectivity index (χ1v) is 4.81. The molecule has 0 saturated carbocycles. The molecule has 1 aromatic carbocycles. The Balaban J connectivity index is 0.00000225. The Bertz CT molecular complexity index is 320. The van der Waals surface area contributed by atoms with E-state index in [0.29, 0.717) is 12.2 Å². The van der Waals surface area contributed by atoms with E-state index in [9.17, 15) is 0 Å². The van der Waals surface area contributed by atoms with Gasteiger partial charge in [-0.3, -0.25) is 0 Å². The molecule has 0 heterocycles. The summed E-state index contributed by atoms with van der Waals surface area (Å²) in [6, 6.07) is 5.26. The quantitative estimate of drug-likeness (QED) is 0.828. The maximum absolute atomic E-state index is 8.82. The van der Waals surface area contributed by atoms with Crippen LogP contribution < -0.4 is 15.2 Å². The Hall–Kier alpha value is -0.970. The molecule has 0 spiro atoms. The lowest BCUT2D eigenvalue weighted by molar-refractivity contribution is 0.275. The van der Waals surface area contributed by atoms with Gasteiger partial charge in [0.1, 0.15) is 11.5 Å². The number of aliphatic hydroxyl groups is 1. The molecule has 0 amide bonds. The van der Waals surface area contributed by atoms with Crippen LogP contribution in [0.2, 0.25) is 0 Å². The van der Waals surface area contributed by atoms with Gasteiger partial charge in [0.05, 0.1) is 14.2 Å². The van der Waals surface area contributed by atoms with Crippen molar-refractivity contribution >= 4 is 12.4 Å².